The second kappa shape index (κ2) is 11.4. The van der Waals surface area contributed by atoms with Crippen LogP contribution >= 0.6 is 11.3 Å². The quantitative estimate of drug-likeness (QED) is 0.186. The molecule has 4 aromatic heterocycles. The molecule has 0 N–H and O–H groups in total. The van der Waals surface area contributed by atoms with Gasteiger partial charge in [0.1, 0.15) is 0 Å². The molecular weight excluding hydrogens is 653 g/mol. The minimum atomic E-state index is 0.651. The third kappa shape index (κ3) is 4.36. The van der Waals surface area contributed by atoms with Gasteiger partial charge in [-0.15, -0.1) is 11.3 Å². The molecule has 0 spiro atoms. The number of para-hydroxylation sites is 1. The van der Waals surface area contributed by atoms with Gasteiger partial charge < -0.3 is 4.57 Å². The molecule has 0 aliphatic carbocycles. The molecule has 0 atom stereocenters. The highest BCUT2D eigenvalue weighted by molar-refractivity contribution is 7.27. The Bertz CT molecular complexity index is 3180. The maximum atomic E-state index is 5.21. The monoisotopic (exact) mass is 680 g/mol. The average molecular weight is 681 g/mol. The number of pyridine rings is 1. The SMILES string of the molecule is c1ccc(-c2cccc(-c3nc(-c4ccc(-n5c6ccccc6c6c7ccccc7c7c8ccccc8sc7c65)cc4)nc4ncccc34)c2)cc1. The Morgan fingerprint density at radius 3 is 1.98 bits per heavy atom. The van der Waals surface area contributed by atoms with Gasteiger partial charge in [-0.05, 0) is 76.5 Å². The van der Waals surface area contributed by atoms with Crippen molar-refractivity contribution in [2.24, 2.45) is 0 Å². The van der Waals surface area contributed by atoms with E-state index < -0.39 is 0 Å². The predicted octanol–water partition coefficient (Wildman–Crippen LogP) is 12.6. The number of nitrogens with zero attached hydrogens (tertiary/aromatic N) is 4. The number of rotatable bonds is 4. The topological polar surface area (TPSA) is 43.6 Å². The molecule has 4 heterocycles. The van der Waals surface area contributed by atoms with E-state index in [2.05, 4.69) is 161 Å². The molecule has 0 fully saturated rings. The van der Waals surface area contributed by atoms with Gasteiger partial charge in [0.05, 0.1) is 21.4 Å². The lowest BCUT2D eigenvalue weighted by Gasteiger charge is -2.12. The minimum Gasteiger partial charge on any atom is -0.308 e. The zero-order valence-corrected chi connectivity index (χ0v) is 28.7. The Labute approximate surface area is 302 Å². The van der Waals surface area contributed by atoms with Crippen LogP contribution in [0.15, 0.2) is 170 Å². The van der Waals surface area contributed by atoms with Crippen LogP contribution in [0.3, 0.4) is 0 Å². The third-order valence-corrected chi connectivity index (χ3v) is 11.4. The van der Waals surface area contributed by atoms with Crippen LogP contribution < -0.4 is 0 Å². The summed E-state index contributed by atoms with van der Waals surface area (Å²) < 4.78 is 5.05. The molecule has 242 valence electrons. The van der Waals surface area contributed by atoms with Crippen LogP contribution in [0.2, 0.25) is 0 Å². The van der Waals surface area contributed by atoms with E-state index in [0.29, 0.717) is 11.5 Å². The smallest absolute Gasteiger partial charge is 0.163 e. The molecule has 0 aliphatic rings. The summed E-state index contributed by atoms with van der Waals surface area (Å²) in [6.45, 7) is 0. The van der Waals surface area contributed by atoms with E-state index in [1.807, 2.05) is 23.5 Å². The lowest BCUT2D eigenvalue weighted by Crippen LogP contribution is -1.98. The van der Waals surface area contributed by atoms with Gasteiger partial charge in [-0.1, -0.05) is 109 Å². The lowest BCUT2D eigenvalue weighted by atomic mass is 9.99. The summed E-state index contributed by atoms with van der Waals surface area (Å²) in [7, 11) is 0. The lowest BCUT2D eigenvalue weighted by molar-refractivity contribution is 1.17. The van der Waals surface area contributed by atoms with Crippen molar-refractivity contribution in [1.29, 1.82) is 0 Å². The molecule has 5 heteroatoms. The van der Waals surface area contributed by atoms with Crippen molar-refractivity contribution < 1.29 is 0 Å². The zero-order chi connectivity index (χ0) is 34.2. The van der Waals surface area contributed by atoms with Gasteiger partial charge in [0.15, 0.2) is 11.5 Å². The first kappa shape index (κ1) is 29.1. The summed E-state index contributed by atoms with van der Waals surface area (Å²) in [6.07, 6.45) is 1.80. The Balaban J connectivity index is 1.11. The Morgan fingerprint density at radius 2 is 1.13 bits per heavy atom. The minimum absolute atomic E-state index is 0.651. The second-order valence-corrected chi connectivity index (χ2v) is 14.2. The fourth-order valence-corrected chi connectivity index (χ4v) is 9.20. The van der Waals surface area contributed by atoms with Crippen LogP contribution in [0.5, 0.6) is 0 Å². The van der Waals surface area contributed by atoms with Gasteiger partial charge in [0.2, 0.25) is 0 Å². The number of hydrogen-bond donors (Lipinski definition) is 0. The first-order valence-corrected chi connectivity index (χ1v) is 18.3. The standard InChI is InChI=1S/C47H28N4S/c1-2-12-29(13-3-1)31-14-10-15-32(28-31)43-38-20-11-27-48-47(38)50-46(49-43)30-23-25-33(26-24-30)51-39-21-8-6-18-36(39)41-34-16-4-5-17-35(34)42-37-19-7-9-22-40(37)52-45(42)44(41)51/h1-28H. The molecule has 0 saturated heterocycles. The summed E-state index contributed by atoms with van der Waals surface area (Å²) in [5, 5.41) is 8.68. The molecule has 0 unspecified atom stereocenters. The molecule has 0 bridgehead atoms. The molecule has 11 rings (SSSR count). The molecule has 0 radical (unpaired) electrons. The number of fused-ring (bicyclic) bond motifs is 11. The summed E-state index contributed by atoms with van der Waals surface area (Å²) in [5.74, 6) is 0.651. The highest BCUT2D eigenvalue weighted by Crippen LogP contribution is 2.47. The van der Waals surface area contributed by atoms with E-state index >= 15 is 0 Å². The van der Waals surface area contributed by atoms with Gasteiger partial charge in [-0.3, -0.25) is 0 Å². The van der Waals surface area contributed by atoms with Crippen LogP contribution in [0.4, 0.5) is 0 Å². The highest BCUT2D eigenvalue weighted by atomic mass is 32.1. The van der Waals surface area contributed by atoms with E-state index in [4.69, 9.17) is 9.97 Å². The van der Waals surface area contributed by atoms with Gasteiger partial charge in [0, 0.05) is 54.6 Å². The maximum absolute atomic E-state index is 5.21. The second-order valence-electron chi connectivity index (χ2n) is 13.2. The van der Waals surface area contributed by atoms with E-state index in [1.54, 1.807) is 6.20 Å². The Kier molecular flexibility index (Phi) is 6.39. The van der Waals surface area contributed by atoms with Gasteiger partial charge in [0.25, 0.3) is 0 Å². The summed E-state index contributed by atoms with van der Waals surface area (Å²) >= 11 is 1.88. The molecule has 4 nitrogen and oxygen atoms in total. The highest BCUT2D eigenvalue weighted by Gasteiger charge is 2.22. The fourth-order valence-electron chi connectivity index (χ4n) is 7.94. The van der Waals surface area contributed by atoms with Crippen LogP contribution in [0.1, 0.15) is 0 Å². The average Bonchev–Trinajstić information content (AvgIpc) is 3.78. The van der Waals surface area contributed by atoms with Crippen LogP contribution in [-0.2, 0) is 0 Å². The Hall–Kier alpha value is -6.69. The predicted molar refractivity (Wildman–Crippen MR) is 218 cm³/mol. The first-order chi connectivity index (χ1) is 25.8. The van der Waals surface area contributed by atoms with Gasteiger partial charge >= 0.3 is 0 Å². The van der Waals surface area contributed by atoms with E-state index in [1.165, 1.54) is 58.3 Å². The molecule has 52 heavy (non-hydrogen) atoms. The van der Waals surface area contributed by atoms with Crippen molar-refractivity contribution in [3.63, 3.8) is 0 Å². The normalized spacial score (nSPS) is 11.8. The number of thiophene rings is 1. The molecular formula is C47H28N4S. The van der Waals surface area contributed by atoms with E-state index in [9.17, 15) is 0 Å². The molecule has 0 amide bonds. The number of benzene rings is 7. The summed E-state index contributed by atoms with van der Waals surface area (Å²) in [6, 6.07) is 58.2. The molecule has 7 aromatic carbocycles. The van der Waals surface area contributed by atoms with Crippen molar-refractivity contribution in [2.75, 3.05) is 0 Å². The van der Waals surface area contributed by atoms with Crippen molar-refractivity contribution in [2.45, 2.75) is 0 Å². The van der Waals surface area contributed by atoms with E-state index in [0.717, 1.165) is 33.5 Å². The van der Waals surface area contributed by atoms with Crippen LogP contribution in [0, 0.1) is 0 Å². The summed E-state index contributed by atoms with van der Waals surface area (Å²) in [5.41, 5.74) is 9.37. The first-order valence-electron chi connectivity index (χ1n) is 17.4. The van der Waals surface area contributed by atoms with E-state index in [-0.39, 0.29) is 0 Å². The van der Waals surface area contributed by atoms with Crippen LogP contribution in [-0.4, -0.2) is 19.5 Å². The van der Waals surface area contributed by atoms with Crippen molar-refractivity contribution in [3.05, 3.63) is 170 Å². The van der Waals surface area contributed by atoms with Crippen LogP contribution in [0.25, 0.3) is 103 Å². The van der Waals surface area contributed by atoms with Gasteiger partial charge in [-0.25, -0.2) is 15.0 Å². The fraction of sp³-hybridized carbons (Fsp3) is 0. The largest absolute Gasteiger partial charge is 0.308 e. The van der Waals surface area contributed by atoms with Crippen molar-refractivity contribution >= 4 is 75.1 Å². The maximum Gasteiger partial charge on any atom is 0.163 e. The Morgan fingerprint density at radius 1 is 0.462 bits per heavy atom. The molecule has 0 saturated carbocycles. The third-order valence-electron chi connectivity index (χ3n) is 10.2. The van der Waals surface area contributed by atoms with Gasteiger partial charge in [-0.2, -0.15) is 0 Å². The van der Waals surface area contributed by atoms with Crippen molar-refractivity contribution in [1.82, 2.24) is 19.5 Å². The summed E-state index contributed by atoms with van der Waals surface area (Å²) in [4.78, 5) is 14.9. The number of aromatic nitrogens is 4. The molecule has 0 aliphatic heterocycles. The number of hydrogen-bond acceptors (Lipinski definition) is 4. The molecule has 11 aromatic rings. The zero-order valence-electron chi connectivity index (χ0n) is 27.9. The van der Waals surface area contributed by atoms with Crippen molar-refractivity contribution in [3.8, 4) is 39.5 Å².